The molecule has 1 aromatic carbocycles. The molecule has 6 rings (SSSR count). The fraction of sp³-hybridized carbons (Fsp3) is 0.310. The number of rotatable bonds is 7. The summed E-state index contributed by atoms with van der Waals surface area (Å²) in [5, 5.41) is 0.434. The smallest absolute Gasteiger partial charge is 0.434 e. The highest BCUT2D eigenvalue weighted by atomic mass is 19.4. The van der Waals surface area contributed by atoms with Crippen molar-refractivity contribution in [2.75, 3.05) is 7.11 Å². The molecule has 43 heavy (non-hydrogen) atoms. The van der Waals surface area contributed by atoms with Crippen molar-refractivity contribution in [2.24, 2.45) is 0 Å². The van der Waals surface area contributed by atoms with Gasteiger partial charge in [0.15, 0.2) is 11.5 Å². The summed E-state index contributed by atoms with van der Waals surface area (Å²) in [7, 11) is 1.45. The van der Waals surface area contributed by atoms with Crippen LogP contribution in [-0.4, -0.2) is 41.2 Å². The Balaban J connectivity index is 1.44. The predicted octanol–water partition coefficient (Wildman–Crippen LogP) is 5.92. The van der Waals surface area contributed by atoms with E-state index in [0.29, 0.717) is 16.6 Å². The number of nitrogens with zero attached hydrogens (tertiary/aromatic N) is 7. The maximum absolute atomic E-state index is 15.5. The van der Waals surface area contributed by atoms with E-state index in [-0.39, 0.29) is 34.7 Å². The first-order chi connectivity index (χ1) is 20.5. The summed E-state index contributed by atoms with van der Waals surface area (Å²) in [6.07, 6.45) is 0.787. The van der Waals surface area contributed by atoms with Crippen molar-refractivity contribution < 1.29 is 26.7 Å². The molecule has 0 saturated heterocycles. The second-order valence-corrected chi connectivity index (χ2v) is 10.5. The lowest BCUT2D eigenvalue weighted by molar-refractivity contribution is -0.140. The van der Waals surface area contributed by atoms with E-state index in [1.165, 1.54) is 36.3 Å². The average molecular weight is 598 g/mol. The second-order valence-electron chi connectivity index (χ2n) is 10.5. The van der Waals surface area contributed by atoms with Gasteiger partial charge in [-0.05, 0) is 44.9 Å². The monoisotopic (exact) mass is 597 g/mol. The van der Waals surface area contributed by atoms with Crippen molar-refractivity contribution >= 4 is 11.0 Å². The normalized spacial score (nSPS) is 13.7. The highest BCUT2D eigenvalue weighted by molar-refractivity contribution is 5.78. The lowest BCUT2D eigenvalue weighted by atomic mass is 10.1. The Kier molecular flexibility index (Phi) is 6.93. The fourth-order valence-electron chi connectivity index (χ4n) is 4.94. The number of hydrogen-bond acceptors (Lipinski definition) is 7. The molecule has 0 atom stereocenters. The maximum Gasteiger partial charge on any atom is 0.434 e. The number of fused-ring (bicyclic) bond motifs is 1. The highest BCUT2D eigenvalue weighted by Gasteiger charge is 2.36. The van der Waals surface area contributed by atoms with Gasteiger partial charge in [-0.15, -0.1) is 0 Å². The fourth-order valence-corrected chi connectivity index (χ4v) is 4.94. The molecule has 1 aliphatic rings. The van der Waals surface area contributed by atoms with E-state index >= 15 is 8.78 Å². The number of methoxy groups -OCH3 is 1. The Labute approximate surface area is 241 Å². The third-order valence-corrected chi connectivity index (χ3v) is 7.24. The average Bonchev–Trinajstić information content (AvgIpc) is 3.70. The maximum atomic E-state index is 15.5. The molecule has 14 heteroatoms. The van der Waals surface area contributed by atoms with Crippen molar-refractivity contribution in [1.82, 2.24) is 34.1 Å². The summed E-state index contributed by atoms with van der Waals surface area (Å²) in [5.74, 6) is -1.74. The Morgan fingerprint density at radius 1 is 1.05 bits per heavy atom. The number of hydrogen-bond donors (Lipinski definition) is 0. The topological polar surface area (TPSA) is 101 Å². The Bertz CT molecular complexity index is 1910. The van der Waals surface area contributed by atoms with Crippen LogP contribution in [0, 0.1) is 11.6 Å². The van der Waals surface area contributed by atoms with E-state index in [2.05, 4.69) is 24.9 Å². The number of benzene rings is 1. The van der Waals surface area contributed by atoms with Gasteiger partial charge in [-0.3, -0.25) is 9.36 Å². The molecule has 4 heterocycles. The van der Waals surface area contributed by atoms with Gasteiger partial charge in [-0.25, -0.2) is 33.7 Å². The summed E-state index contributed by atoms with van der Waals surface area (Å²) in [4.78, 5) is 34.2. The highest BCUT2D eigenvalue weighted by Crippen LogP contribution is 2.45. The number of aromatic nitrogens is 7. The number of ether oxygens (including phenoxy) is 1. The van der Waals surface area contributed by atoms with Crippen molar-refractivity contribution in [2.45, 2.75) is 51.4 Å². The first-order valence-electron chi connectivity index (χ1n) is 13.4. The molecule has 0 N–H and O–H groups in total. The van der Waals surface area contributed by atoms with Crippen LogP contribution in [0.25, 0.3) is 33.8 Å². The molecular formula is C29H24F5N7O2. The molecule has 4 aromatic heterocycles. The van der Waals surface area contributed by atoms with Gasteiger partial charge in [0.2, 0.25) is 5.88 Å². The minimum absolute atomic E-state index is 0.109. The van der Waals surface area contributed by atoms with Gasteiger partial charge in [-0.1, -0.05) is 0 Å². The molecule has 9 nitrogen and oxygen atoms in total. The van der Waals surface area contributed by atoms with Crippen molar-refractivity contribution in [3.8, 4) is 28.7 Å². The largest absolute Gasteiger partial charge is 0.480 e. The van der Waals surface area contributed by atoms with Crippen LogP contribution in [0.5, 0.6) is 5.88 Å². The van der Waals surface area contributed by atoms with E-state index in [1.54, 1.807) is 13.8 Å². The molecule has 0 spiro atoms. The van der Waals surface area contributed by atoms with Crippen LogP contribution in [0.3, 0.4) is 0 Å². The molecule has 1 saturated carbocycles. The predicted molar refractivity (Wildman–Crippen MR) is 145 cm³/mol. The van der Waals surface area contributed by atoms with Crippen LogP contribution >= 0.6 is 0 Å². The molecule has 1 aliphatic carbocycles. The van der Waals surface area contributed by atoms with Gasteiger partial charge in [0.25, 0.3) is 5.56 Å². The molecule has 222 valence electrons. The Morgan fingerprint density at radius 2 is 1.77 bits per heavy atom. The molecule has 0 amide bonds. The standard InChI is InChI=1S/C29H24F5N7O2/c1-14(2)40-12-21(29(32,33)34)38-27(40)17-8-19(30)18(20(31)9-17)11-41-22(42)7-6-16-10-35-25(39-26(16)41)23-24(15-4-5-15)36-13-37-28(23)43-3/h6-10,12-15H,4-5,11H2,1-3H3. The second kappa shape index (κ2) is 10.5. The number of imidazole rings is 1. The first kappa shape index (κ1) is 28.4. The number of pyridine rings is 1. The quantitative estimate of drug-likeness (QED) is 0.215. The van der Waals surface area contributed by atoms with Gasteiger partial charge in [-0.2, -0.15) is 13.2 Å². The molecule has 1 fully saturated rings. The Hall–Kier alpha value is -4.75. The molecule has 5 aromatic rings. The van der Waals surface area contributed by atoms with Gasteiger partial charge >= 0.3 is 6.18 Å². The molecule has 0 bridgehead atoms. The lowest BCUT2D eigenvalue weighted by Gasteiger charge is -2.15. The van der Waals surface area contributed by atoms with Crippen molar-refractivity contribution in [3.63, 3.8) is 0 Å². The summed E-state index contributed by atoms with van der Waals surface area (Å²) in [5.41, 5.74) is -1.13. The SMILES string of the molecule is COc1ncnc(C2CC2)c1-c1ncc2ccc(=O)n(Cc3c(F)cc(-c4nc(C(F)(F)F)cn4C(C)C)cc3F)c2n1. The summed E-state index contributed by atoms with van der Waals surface area (Å²) < 4.78 is 78.8. The van der Waals surface area contributed by atoms with Gasteiger partial charge < -0.3 is 9.30 Å². The zero-order chi connectivity index (χ0) is 30.6. The zero-order valence-corrected chi connectivity index (χ0v) is 23.2. The summed E-state index contributed by atoms with van der Waals surface area (Å²) in [6.45, 7) is 2.70. The van der Waals surface area contributed by atoms with Crippen LogP contribution in [0.2, 0.25) is 0 Å². The van der Waals surface area contributed by atoms with E-state index in [4.69, 9.17) is 4.74 Å². The van der Waals surface area contributed by atoms with E-state index in [0.717, 1.165) is 35.7 Å². The van der Waals surface area contributed by atoms with Crippen LogP contribution in [0.4, 0.5) is 22.0 Å². The molecular weight excluding hydrogens is 573 g/mol. The van der Waals surface area contributed by atoms with Crippen molar-refractivity contribution in [1.29, 1.82) is 0 Å². The van der Waals surface area contributed by atoms with Gasteiger partial charge in [0.05, 0.1) is 19.3 Å². The van der Waals surface area contributed by atoms with E-state index < -0.39 is 47.2 Å². The third kappa shape index (κ3) is 5.21. The molecule has 0 aliphatic heterocycles. The minimum atomic E-state index is -4.74. The minimum Gasteiger partial charge on any atom is -0.480 e. The van der Waals surface area contributed by atoms with Crippen molar-refractivity contribution in [3.05, 3.63) is 81.9 Å². The number of halogens is 5. The van der Waals surface area contributed by atoms with Crippen LogP contribution in [-0.2, 0) is 12.7 Å². The Morgan fingerprint density at radius 3 is 2.40 bits per heavy atom. The van der Waals surface area contributed by atoms with Crippen LogP contribution in [0.1, 0.15) is 55.6 Å². The van der Waals surface area contributed by atoms with Crippen LogP contribution < -0.4 is 10.3 Å². The number of alkyl halides is 3. The summed E-state index contributed by atoms with van der Waals surface area (Å²) in [6, 6.07) is 4.07. The molecule has 0 radical (unpaired) electrons. The zero-order valence-electron chi connectivity index (χ0n) is 23.2. The van der Waals surface area contributed by atoms with Crippen LogP contribution in [0.15, 0.2) is 47.8 Å². The first-order valence-corrected chi connectivity index (χ1v) is 13.4. The van der Waals surface area contributed by atoms with E-state index in [1.807, 2.05) is 0 Å². The lowest BCUT2D eigenvalue weighted by Crippen LogP contribution is -2.22. The third-order valence-electron chi connectivity index (χ3n) is 7.24. The van der Waals surface area contributed by atoms with E-state index in [9.17, 15) is 18.0 Å². The molecule has 0 unspecified atom stereocenters. The van der Waals surface area contributed by atoms with Gasteiger partial charge in [0.1, 0.15) is 35.0 Å². The van der Waals surface area contributed by atoms with Gasteiger partial charge in [0, 0.05) is 46.9 Å². The summed E-state index contributed by atoms with van der Waals surface area (Å²) >= 11 is 0.